The minimum atomic E-state index is 0. The summed E-state index contributed by atoms with van der Waals surface area (Å²) in [6, 6.07) is 7.20. The van der Waals surface area contributed by atoms with Crippen LogP contribution in [0.2, 0.25) is 0 Å². The highest BCUT2D eigenvalue weighted by molar-refractivity contribution is 14.0. The molecule has 0 bridgehead atoms. The average Bonchev–Trinajstić information content (AvgIpc) is 3.00. The summed E-state index contributed by atoms with van der Waals surface area (Å²) in [5.41, 5.74) is 9.74. The van der Waals surface area contributed by atoms with Gasteiger partial charge in [0.2, 0.25) is 0 Å². The zero-order valence-corrected chi connectivity index (χ0v) is 13.4. The number of nitrogens with one attached hydrogen (secondary N) is 1. The highest BCUT2D eigenvalue weighted by Crippen LogP contribution is 2.18. The van der Waals surface area contributed by atoms with Gasteiger partial charge < -0.3 is 11.1 Å². The van der Waals surface area contributed by atoms with Crippen molar-refractivity contribution in [2.45, 2.75) is 39.2 Å². The summed E-state index contributed by atoms with van der Waals surface area (Å²) in [5, 5.41) is 3.19. The molecule has 3 nitrogen and oxygen atoms in total. The highest BCUT2D eigenvalue weighted by Gasteiger charge is 2.21. The Hall–Kier alpha value is -0.780. The fourth-order valence-corrected chi connectivity index (χ4v) is 2.00. The molecule has 0 aromatic heterocycles. The van der Waals surface area contributed by atoms with Crippen LogP contribution < -0.4 is 11.1 Å². The van der Waals surface area contributed by atoms with E-state index in [1.165, 1.54) is 29.5 Å². The van der Waals surface area contributed by atoms with Crippen molar-refractivity contribution in [1.29, 1.82) is 0 Å². The van der Waals surface area contributed by atoms with Crippen molar-refractivity contribution >= 4 is 29.9 Å². The fraction of sp³-hybridized carbons (Fsp3) is 0.500. The average molecular weight is 359 g/mol. The summed E-state index contributed by atoms with van der Waals surface area (Å²) in [6.07, 6.45) is 3.41. The number of halogens is 1. The van der Waals surface area contributed by atoms with Crippen LogP contribution >= 0.6 is 24.0 Å². The van der Waals surface area contributed by atoms with E-state index in [1.54, 1.807) is 0 Å². The van der Waals surface area contributed by atoms with Crippen molar-refractivity contribution in [1.82, 2.24) is 5.32 Å². The minimum absolute atomic E-state index is 0. The van der Waals surface area contributed by atoms with E-state index in [0.29, 0.717) is 12.0 Å². The Morgan fingerprint density at radius 1 is 1.28 bits per heavy atom. The summed E-state index contributed by atoms with van der Waals surface area (Å²) >= 11 is 0. The Morgan fingerprint density at radius 3 is 2.44 bits per heavy atom. The molecule has 1 aromatic rings. The van der Waals surface area contributed by atoms with Gasteiger partial charge in [0.05, 0.1) is 0 Å². The Balaban J connectivity index is 0.00000162. The van der Waals surface area contributed by atoms with Crippen molar-refractivity contribution < 1.29 is 0 Å². The van der Waals surface area contributed by atoms with Crippen LogP contribution in [-0.2, 0) is 6.42 Å². The van der Waals surface area contributed by atoms with Crippen LogP contribution in [0.5, 0.6) is 0 Å². The zero-order chi connectivity index (χ0) is 12.3. The van der Waals surface area contributed by atoms with E-state index in [0.717, 1.165) is 13.0 Å². The van der Waals surface area contributed by atoms with Gasteiger partial charge in [0.15, 0.2) is 5.96 Å². The SMILES string of the molecule is Cc1cc(C)cc(CCN=C(N)NC2CC2)c1.I. The van der Waals surface area contributed by atoms with E-state index in [2.05, 4.69) is 42.4 Å². The summed E-state index contributed by atoms with van der Waals surface area (Å²) in [5.74, 6) is 0.594. The molecule has 1 saturated carbocycles. The molecule has 0 unspecified atom stereocenters. The van der Waals surface area contributed by atoms with Gasteiger partial charge in [-0.15, -0.1) is 24.0 Å². The molecule has 0 radical (unpaired) electrons. The van der Waals surface area contributed by atoms with Gasteiger partial charge in [-0.05, 0) is 38.7 Å². The molecule has 3 N–H and O–H groups in total. The highest BCUT2D eigenvalue weighted by atomic mass is 127. The van der Waals surface area contributed by atoms with E-state index in [4.69, 9.17) is 5.73 Å². The topological polar surface area (TPSA) is 50.4 Å². The number of hydrogen-bond donors (Lipinski definition) is 2. The molecule has 1 aliphatic rings. The molecule has 0 amide bonds. The molecule has 1 aliphatic carbocycles. The molecular weight excluding hydrogens is 337 g/mol. The lowest BCUT2D eigenvalue weighted by Crippen LogP contribution is -2.33. The Morgan fingerprint density at radius 2 is 1.89 bits per heavy atom. The third-order valence-electron chi connectivity index (χ3n) is 2.89. The maximum Gasteiger partial charge on any atom is 0.188 e. The van der Waals surface area contributed by atoms with Crippen LogP contribution in [0.4, 0.5) is 0 Å². The second-order valence-corrected chi connectivity index (χ2v) is 4.93. The van der Waals surface area contributed by atoms with Crippen LogP contribution in [0.1, 0.15) is 29.5 Å². The lowest BCUT2D eigenvalue weighted by molar-refractivity contribution is 0.869. The smallest absolute Gasteiger partial charge is 0.188 e. The molecule has 1 fully saturated rings. The molecule has 1 aromatic carbocycles. The van der Waals surface area contributed by atoms with Crippen molar-refractivity contribution in [3.05, 3.63) is 34.9 Å². The van der Waals surface area contributed by atoms with Gasteiger partial charge in [-0.25, -0.2) is 0 Å². The monoisotopic (exact) mass is 359 g/mol. The van der Waals surface area contributed by atoms with Gasteiger partial charge in [-0.2, -0.15) is 0 Å². The number of rotatable bonds is 4. The number of benzene rings is 1. The lowest BCUT2D eigenvalue weighted by Gasteiger charge is -2.05. The van der Waals surface area contributed by atoms with Gasteiger partial charge >= 0.3 is 0 Å². The van der Waals surface area contributed by atoms with Gasteiger partial charge in [-0.1, -0.05) is 29.3 Å². The van der Waals surface area contributed by atoms with E-state index in [-0.39, 0.29) is 24.0 Å². The fourth-order valence-electron chi connectivity index (χ4n) is 2.00. The Kier molecular flexibility index (Phi) is 5.91. The minimum Gasteiger partial charge on any atom is -0.370 e. The number of aliphatic imine (C=N–C) groups is 1. The summed E-state index contributed by atoms with van der Waals surface area (Å²) < 4.78 is 0. The summed E-state index contributed by atoms with van der Waals surface area (Å²) in [4.78, 5) is 4.34. The van der Waals surface area contributed by atoms with Gasteiger partial charge in [0.25, 0.3) is 0 Å². The number of nitrogens with zero attached hydrogens (tertiary/aromatic N) is 1. The van der Waals surface area contributed by atoms with E-state index in [1.807, 2.05) is 0 Å². The molecule has 0 aliphatic heterocycles. The number of aryl methyl sites for hydroxylation is 2. The van der Waals surface area contributed by atoms with E-state index < -0.39 is 0 Å². The molecule has 18 heavy (non-hydrogen) atoms. The third kappa shape index (κ3) is 5.25. The molecule has 0 spiro atoms. The first-order valence-corrected chi connectivity index (χ1v) is 6.27. The first-order valence-electron chi connectivity index (χ1n) is 6.27. The first kappa shape index (κ1) is 15.3. The Bertz CT molecular complexity index is 405. The van der Waals surface area contributed by atoms with E-state index in [9.17, 15) is 0 Å². The maximum absolute atomic E-state index is 5.78. The normalized spacial score (nSPS) is 15.1. The summed E-state index contributed by atoms with van der Waals surface area (Å²) in [7, 11) is 0. The Labute approximate surface area is 126 Å². The largest absolute Gasteiger partial charge is 0.370 e. The van der Waals surface area contributed by atoms with Crippen LogP contribution in [0.3, 0.4) is 0 Å². The molecule has 0 heterocycles. The molecule has 0 saturated heterocycles. The van der Waals surface area contributed by atoms with Crippen LogP contribution in [0.25, 0.3) is 0 Å². The van der Waals surface area contributed by atoms with Crippen LogP contribution in [0, 0.1) is 13.8 Å². The predicted molar refractivity (Wildman–Crippen MR) is 87.7 cm³/mol. The molecule has 0 atom stereocenters. The van der Waals surface area contributed by atoms with Crippen LogP contribution in [0.15, 0.2) is 23.2 Å². The molecule has 4 heteroatoms. The molecule has 2 rings (SSSR count). The van der Waals surface area contributed by atoms with Crippen molar-refractivity contribution in [2.24, 2.45) is 10.7 Å². The number of guanidine groups is 1. The first-order chi connectivity index (χ1) is 8.13. The second kappa shape index (κ2) is 6.97. The summed E-state index contributed by atoms with van der Waals surface area (Å²) in [6.45, 7) is 5.01. The van der Waals surface area contributed by atoms with Crippen molar-refractivity contribution in [2.75, 3.05) is 6.54 Å². The van der Waals surface area contributed by atoms with Crippen molar-refractivity contribution in [3.63, 3.8) is 0 Å². The van der Waals surface area contributed by atoms with E-state index >= 15 is 0 Å². The third-order valence-corrected chi connectivity index (χ3v) is 2.89. The van der Waals surface area contributed by atoms with Gasteiger partial charge in [0.1, 0.15) is 0 Å². The quantitative estimate of drug-likeness (QED) is 0.493. The van der Waals surface area contributed by atoms with Crippen molar-refractivity contribution in [3.8, 4) is 0 Å². The zero-order valence-electron chi connectivity index (χ0n) is 11.1. The van der Waals surface area contributed by atoms with Crippen LogP contribution in [-0.4, -0.2) is 18.5 Å². The maximum atomic E-state index is 5.78. The number of hydrogen-bond acceptors (Lipinski definition) is 1. The predicted octanol–water partition coefficient (Wildman–Crippen LogP) is 2.53. The lowest BCUT2D eigenvalue weighted by atomic mass is 10.1. The number of nitrogens with two attached hydrogens (primary N) is 1. The second-order valence-electron chi connectivity index (χ2n) is 4.93. The van der Waals surface area contributed by atoms with Gasteiger partial charge in [0, 0.05) is 12.6 Å². The molecular formula is C14H22IN3. The standard InChI is InChI=1S/C14H21N3.HI/c1-10-7-11(2)9-12(8-10)5-6-16-14(15)17-13-3-4-13;/h7-9,13H,3-6H2,1-2H3,(H3,15,16,17);1H. The van der Waals surface area contributed by atoms with Gasteiger partial charge in [-0.3, -0.25) is 4.99 Å². The molecule has 100 valence electrons.